The van der Waals surface area contributed by atoms with Gasteiger partial charge >= 0.3 is 0 Å². The summed E-state index contributed by atoms with van der Waals surface area (Å²) in [6, 6.07) is 7.99. The third-order valence-electron chi connectivity index (χ3n) is 4.10. The predicted octanol–water partition coefficient (Wildman–Crippen LogP) is 2.41. The van der Waals surface area contributed by atoms with Crippen molar-refractivity contribution in [3.8, 4) is 5.75 Å². The molecule has 1 amide bonds. The Morgan fingerprint density at radius 1 is 1.39 bits per heavy atom. The van der Waals surface area contributed by atoms with E-state index in [9.17, 15) is 4.79 Å². The number of hydrogen-bond donors (Lipinski definition) is 1. The molecule has 1 aromatic carbocycles. The number of hydrogen-bond acceptors (Lipinski definition) is 4. The van der Waals surface area contributed by atoms with Crippen LogP contribution in [-0.2, 0) is 0 Å². The highest BCUT2D eigenvalue weighted by Crippen LogP contribution is 2.22. The van der Waals surface area contributed by atoms with E-state index in [1.165, 1.54) is 0 Å². The first-order chi connectivity index (χ1) is 10.6. The largest absolute Gasteiger partial charge is 0.497 e. The van der Waals surface area contributed by atoms with E-state index in [0.29, 0.717) is 11.6 Å². The molecule has 1 fully saturated rings. The number of piperazine rings is 1. The monoisotopic (exact) mass is 335 g/mol. The zero-order chi connectivity index (χ0) is 15.7. The molecule has 5 nitrogen and oxygen atoms in total. The minimum absolute atomic E-state index is 0. The maximum Gasteiger partial charge on any atom is 0.255 e. The molecule has 0 radical (unpaired) electrons. The van der Waals surface area contributed by atoms with Crippen LogP contribution in [0.25, 0.3) is 10.9 Å². The summed E-state index contributed by atoms with van der Waals surface area (Å²) >= 11 is 0. The highest BCUT2D eigenvalue weighted by molar-refractivity contribution is 5.98. The lowest BCUT2D eigenvalue weighted by atomic mass is 10.1. The number of rotatable bonds is 2. The number of amides is 1. The average Bonchev–Trinajstić information content (AvgIpc) is 2.53. The lowest BCUT2D eigenvalue weighted by Crippen LogP contribution is -2.51. The number of benzene rings is 1. The van der Waals surface area contributed by atoms with Gasteiger partial charge in [-0.25, -0.2) is 0 Å². The first kappa shape index (κ1) is 17.5. The molecule has 6 heteroatoms. The third-order valence-corrected chi connectivity index (χ3v) is 4.10. The highest BCUT2D eigenvalue weighted by atomic mass is 35.5. The summed E-state index contributed by atoms with van der Waals surface area (Å²) in [6.45, 7) is 6.29. The second-order valence-electron chi connectivity index (χ2n) is 5.79. The number of halogens is 1. The number of aromatic nitrogens is 1. The molecule has 1 saturated heterocycles. The molecule has 1 N–H and O–H groups in total. The SMILES string of the molecule is COc1ccc2cc(C(=O)N3CCNC(C)C3)c(C)nc2c1.Cl. The van der Waals surface area contributed by atoms with E-state index >= 15 is 0 Å². The van der Waals surface area contributed by atoms with E-state index in [0.717, 1.165) is 42.0 Å². The summed E-state index contributed by atoms with van der Waals surface area (Å²) in [5.41, 5.74) is 2.30. The molecule has 0 saturated carbocycles. The molecular formula is C17H22ClN3O2. The molecule has 3 rings (SSSR count). The zero-order valence-corrected chi connectivity index (χ0v) is 14.4. The fourth-order valence-corrected chi connectivity index (χ4v) is 2.87. The first-order valence-electron chi connectivity index (χ1n) is 7.56. The van der Waals surface area contributed by atoms with Crippen LogP contribution in [0, 0.1) is 6.92 Å². The molecular weight excluding hydrogens is 314 g/mol. The van der Waals surface area contributed by atoms with Gasteiger partial charge in [0.2, 0.25) is 0 Å². The van der Waals surface area contributed by atoms with E-state index in [2.05, 4.69) is 17.2 Å². The Morgan fingerprint density at radius 2 is 2.17 bits per heavy atom. The number of fused-ring (bicyclic) bond motifs is 1. The van der Waals surface area contributed by atoms with Crippen molar-refractivity contribution in [3.63, 3.8) is 0 Å². The minimum Gasteiger partial charge on any atom is -0.497 e. The van der Waals surface area contributed by atoms with Crippen molar-refractivity contribution in [3.05, 3.63) is 35.5 Å². The maximum atomic E-state index is 12.8. The van der Waals surface area contributed by atoms with Crippen molar-refractivity contribution >= 4 is 29.2 Å². The normalized spacial score (nSPS) is 17.7. The smallest absolute Gasteiger partial charge is 0.255 e. The van der Waals surface area contributed by atoms with Gasteiger partial charge in [-0.05, 0) is 32.0 Å². The molecule has 2 heterocycles. The van der Waals surface area contributed by atoms with Crippen LogP contribution >= 0.6 is 12.4 Å². The van der Waals surface area contributed by atoms with Crippen LogP contribution in [0.4, 0.5) is 0 Å². The fourth-order valence-electron chi connectivity index (χ4n) is 2.87. The number of ether oxygens (including phenoxy) is 1. The van der Waals surface area contributed by atoms with Crippen molar-refractivity contribution < 1.29 is 9.53 Å². The lowest BCUT2D eigenvalue weighted by Gasteiger charge is -2.32. The number of carbonyl (C=O) groups excluding carboxylic acids is 1. The summed E-state index contributed by atoms with van der Waals surface area (Å²) in [5, 5.41) is 4.31. The van der Waals surface area contributed by atoms with Gasteiger partial charge in [0.05, 0.1) is 23.9 Å². The van der Waals surface area contributed by atoms with Gasteiger partial charge in [-0.15, -0.1) is 12.4 Å². The summed E-state index contributed by atoms with van der Waals surface area (Å²) in [7, 11) is 1.64. The second kappa shape index (κ2) is 7.15. The molecule has 23 heavy (non-hydrogen) atoms. The third kappa shape index (κ3) is 3.57. The standard InChI is InChI=1S/C17H21N3O2.ClH/c1-11-10-20(7-6-18-11)17(21)15-8-13-4-5-14(22-3)9-16(13)19-12(15)2;/h4-5,8-9,11,18H,6-7,10H2,1-3H3;1H. The molecule has 2 aromatic rings. The first-order valence-corrected chi connectivity index (χ1v) is 7.56. The Bertz CT molecular complexity index is 720. The fraction of sp³-hybridized carbons (Fsp3) is 0.412. The molecule has 0 spiro atoms. The van der Waals surface area contributed by atoms with Crippen LogP contribution < -0.4 is 10.1 Å². The predicted molar refractivity (Wildman–Crippen MR) is 93.6 cm³/mol. The summed E-state index contributed by atoms with van der Waals surface area (Å²) < 4.78 is 5.22. The quantitative estimate of drug-likeness (QED) is 0.915. The molecule has 1 aliphatic heterocycles. The van der Waals surface area contributed by atoms with Gasteiger partial charge in [-0.2, -0.15) is 0 Å². The lowest BCUT2D eigenvalue weighted by molar-refractivity contribution is 0.0708. The Kier molecular flexibility index (Phi) is 5.44. The number of methoxy groups -OCH3 is 1. The van der Waals surface area contributed by atoms with Gasteiger partial charge in [-0.1, -0.05) is 0 Å². The van der Waals surface area contributed by atoms with Crippen LogP contribution in [-0.4, -0.2) is 48.6 Å². The van der Waals surface area contributed by atoms with Crippen LogP contribution in [0.5, 0.6) is 5.75 Å². The Hall–Kier alpha value is -1.85. The summed E-state index contributed by atoms with van der Waals surface area (Å²) in [5.74, 6) is 0.838. The van der Waals surface area contributed by atoms with Gasteiger partial charge in [-0.3, -0.25) is 9.78 Å². The van der Waals surface area contributed by atoms with Gasteiger partial charge in [0, 0.05) is 37.1 Å². The van der Waals surface area contributed by atoms with Crippen molar-refractivity contribution in [1.29, 1.82) is 0 Å². The van der Waals surface area contributed by atoms with Gasteiger partial charge in [0.15, 0.2) is 0 Å². The van der Waals surface area contributed by atoms with Crippen molar-refractivity contribution in [1.82, 2.24) is 15.2 Å². The minimum atomic E-state index is 0. The molecule has 124 valence electrons. The van der Waals surface area contributed by atoms with Gasteiger partial charge in [0.1, 0.15) is 5.75 Å². The van der Waals surface area contributed by atoms with Gasteiger partial charge < -0.3 is 15.0 Å². The van der Waals surface area contributed by atoms with E-state index in [1.807, 2.05) is 36.1 Å². The van der Waals surface area contributed by atoms with E-state index in [-0.39, 0.29) is 18.3 Å². The van der Waals surface area contributed by atoms with Crippen molar-refractivity contribution in [2.45, 2.75) is 19.9 Å². The van der Waals surface area contributed by atoms with E-state index in [1.54, 1.807) is 7.11 Å². The molecule has 0 bridgehead atoms. The maximum absolute atomic E-state index is 12.8. The van der Waals surface area contributed by atoms with Crippen molar-refractivity contribution in [2.75, 3.05) is 26.7 Å². The second-order valence-corrected chi connectivity index (χ2v) is 5.79. The summed E-state index contributed by atoms with van der Waals surface area (Å²) in [4.78, 5) is 19.2. The number of pyridine rings is 1. The highest BCUT2D eigenvalue weighted by Gasteiger charge is 2.23. The van der Waals surface area contributed by atoms with Crippen LogP contribution in [0.15, 0.2) is 24.3 Å². The Morgan fingerprint density at radius 3 is 2.87 bits per heavy atom. The number of aryl methyl sites for hydroxylation is 1. The average molecular weight is 336 g/mol. The van der Waals surface area contributed by atoms with E-state index in [4.69, 9.17) is 4.74 Å². The summed E-state index contributed by atoms with van der Waals surface area (Å²) in [6.07, 6.45) is 0. The Balaban J connectivity index is 0.00000192. The topological polar surface area (TPSA) is 54.5 Å². The van der Waals surface area contributed by atoms with Crippen LogP contribution in [0.3, 0.4) is 0 Å². The van der Waals surface area contributed by atoms with E-state index < -0.39 is 0 Å². The molecule has 1 unspecified atom stereocenters. The molecule has 1 aromatic heterocycles. The molecule has 1 atom stereocenters. The van der Waals surface area contributed by atoms with Crippen LogP contribution in [0.1, 0.15) is 23.0 Å². The van der Waals surface area contributed by atoms with Crippen LogP contribution in [0.2, 0.25) is 0 Å². The number of carbonyl (C=O) groups is 1. The number of nitrogens with one attached hydrogen (secondary N) is 1. The van der Waals surface area contributed by atoms with Crippen molar-refractivity contribution in [2.24, 2.45) is 0 Å². The molecule has 0 aliphatic carbocycles. The Labute approximate surface area is 142 Å². The number of nitrogens with zero attached hydrogens (tertiary/aromatic N) is 2. The zero-order valence-electron chi connectivity index (χ0n) is 13.6. The molecule has 1 aliphatic rings. The van der Waals surface area contributed by atoms with Gasteiger partial charge in [0.25, 0.3) is 5.91 Å².